The number of hydrogen-bond donors (Lipinski definition) is 2. The number of nitrogens with one attached hydrogen (secondary N) is 2. The van der Waals surface area contributed by atoms with Gasteiger partial charge < -0.3 is 15.2 Å². The molecule has 1 aromatic heterocycles. The van der Waals surface area contributed by atoms with Gasteiger partial charge in [-0.25, -0.2) is 4.98 Å². The molecule has 0 aromatic carbocycles. The van der Waals surface area contributed by atoms with Gasteiger partial charge in [0.1, 0.15) is 11.9 Å². The summed E-state index contributed by atoms with van der Waals surface area (Å²) in [6, 6.07) is -0.0551. The minimum atomic E-state index is -0.0551. The van der Waals surface area contributed by atoms with Crippen LogP contribution in [0.15, 0.2) is 0 Å². The van der Waals surface area contributed by atoms with E-state index in [1.54, 1.807) is 0 Å². The first-order valence-corrected chi connectivity index (χ1v) is 7.26. The van der Waals surface area contributed by atoms with E-state index in [9.17, 15) is 4.79 Å². The molecule has 0 saturated carbocycles. The molecule has 3 heterocycles. The van der Waals surface area contributed by atoms with Gasteiger partial charge in [0.05, 0.1) is 5.69 Å². The van der Waals surface area contributed by atoms with Crippen LogP contribution in [0, 0.1) is 0 Å². The summed E-state index contributed by atoms with van der Waals surface area (Å²) in [7, 11) is 0. The number of hydrogen-bond acceptors (Lipinski definition) is 3. The second-order valence-electron chi connectivity index (χ2n) is 5.76. The molecule has 104 valence electrons. The SMILES string of the molecule is CC(C)c1nc2c(n1C1CCCNC1=O)CCNC2. The van der Waals surface area contributed by atoms with Crippen LogP contribution in [-0.2, 0) is 17.8 Å². The molecule has 0 bridgehead atoms. The third-order valence-corrected chi connectivity index (χ3v) is 4.04. The van der Waals surface area contributed by atoms with Gasteiger partial charge in [-0.05, 0) is 12.8 Å². The van der Waals surface area contributed by atoms with E-state index in [0.29, 0.717) is 5.92 Å². The largest absolute Gasteiger partial charge is 0.354 e. The number of carbonyl (C=O) groups is 1. The number of imidazole rings is 1. The predicted molar refractivity (Wildman–Crippen MR) is 73.0 cm³/mol. The van der Waals surface area contributed by atoms with E-state index < -0.39 is 0 Å². The zero-order valence-corrected chi connectivity index (χ0v) is 11.7. The summed E-state index contributed by atoms with van der Waals surface area (Å²) in [5, 5.41) is 6.35. The number of rotatable bonds is 2. The molecule has 3 rings (SSSR count). The molecule has 1 saturated heterocycles. The molecule has 2 aliphatic heterocycles. The summed E-state index contributed by atoms with van der Waals surface area (Å²) < 4.78 is 2.23. The Morgan fingerprint density at radius 1 is 1.37 bits per heavy atom. The first-order valence-electron chi connectivity index (χ1n) is 7.26. The average Bonchev–Trinajstić information content (AvgIpc) is 2.79. The van der Waals surface area contributed by atoms with E-state index in [2.05, 4.69) is 29.0 Å². The minimum absolute atomic E-state index is 0.0551. The van der Waals surface area contributed by atoms with E-state index >= 15 is 0 Å². The lowest BCUT2D eigenvalue weighted by Gasteiger charge is -2.28. The lowest BCUT2D eigenvalue weighted by molar-refractivity contribution is -0.125. The van der Waals surface area contributed by atoms with E-state index in [0.717, 1.165) is 50.4 Å². The number of amides is 1. The third-order valence-electron chi connectivity index (χ3n) is 4.04. The zero-order chi connectivity index (χ0) is 13.4. The summed E-state index contributed by atoms with van der Waals surface area (Å²) in [6.45, 7) is 6.92. The van der Waals surface area contributed by atoms with Crippen LogP contribution >= 0.6 is 0 Å². The van der Waals surface area contributed by atoms with Gasteiger partial charge in [0.25, 0.3) is 0 Å². The highest BCUT2D eigenvalue weighted by Crippen LogP contribution is 2.29. The van der Waals surface area contributed by atoms with Crippen molar-refractivity contribution in [1.82, 2.24) is 20.2 Å². The van der Waals surface area contributed by atoms with Crippen molar-refractivity contribution in [2.45, 2.75) is 51.6 Å². The Hall–Kier alpha value is -1.36. The van der Waals surface area contributed by atoms with Gasteiger partial charge in [0.15, 0.2) is 0 Å². The fourth-order valence-electron chi connectivity index (χ4n) is 3.11. The molecule has 1 unspecified atom stereocenters. The average molecular weight is 262 g/mol. The standard InChI is InChI=1S/C14H22N4O/c1-9(2)13-17-10-8-15-7-5-11(10)18(13)12-4-3-6-16-14(12)19/h9,12,15H,3-8H2,1-2H3,(H,16,19). The van der Waals surface area contributed by atoms with Crippen molar-refractivity contribution in [1.29, 1.82) is 0 Å². The summed E-state index contributed by atoms with van der Waals surface area (Å²) in [6.07, 6.45) is 2.96. The zero-order valence-electron chi connectivity index (χ0n) is 11.7. The molecule has 1 amide bonds. The van der Waals surface area contributed by atoms with Crippen molar-refractivity contribution in [2.24, 2.45) is 0 Å². The van der Waals surface area contributed by atoms with Crippen LogP contribution in [0.3, 0.4) is 0 Å². The first kappa shape index (κ1) is 12.7. The van der Waals surface area contributed by atoms with Crippen LogP contribution in [0.1, 0.15) is 55.9 Å². The van der Waals surface area contributed by atoms with Crippen LogP contribution in [0.4, 0.5) is 0 Å². The molecule has 2 N–H and O–H groups in total. The molecular weight excluding hydrogens is 240 g/mol. The number of aromatic nitrogens is 2. The molecule has 5 heteroatoms. The van der Waals surface area contributed by atoms with E-state index in [1.807, 2.05) is 0 Å². The molecule has 1 aromatic rings. The van der Waals surface area contributed by atoms with Crippen LogP contribution in [0.25, 0.3) is 0 Å². The van der Waals surface area contributed by atoms with E-state index in [-0.39, 0.29) is 11.9 Å². The predicted octanol–water partition coefficient (Wildman–Crippen LogP) is 1.10. The highest BCUT2D eigenvalue weighted by atomic mass is 16.2. The van der Waals surface area contributed by atoms with E-state index in [4.69, 9.17) is 4.98 Å². The number of piperidine rings is 1. The number of carbonyl (C=O) groups excluding carboxylic acids is 1. The highest BCUT2D eigenvalue weighted by molar-refractivity contribution is 5.81. The van der Waals surface area contributed by atoms with Crippen molar-refractivity contribution < 1.29 is 4.79 Å². The van der Waals surface area contributed by atoms with Gasteiger partial charge in [-0.2, -0.15) is 0 Å². The molecule has 0 spiro atoms. The van der Waals surface area contributed by atoms with Gasteiger partial charge in [-0.1, -0.05) is 13.8 Å². The Morgan fingerprint density at radius 2 is 2.21 bits per heavy atom. The van der Waals surface area contributed by atoms with Crippen molar-refractivity contribution >= 4 is 5.91 Å². The highest BCUT2D eigenvalue weighted by Gasteiger charge is 2.31. The Labute approximate surface area is 113 Å². The van der Waals surface area contributed by atoms with Crippen molar-refractivity contribution in [3.63, 3.8) is 0 Å². The number of nitrogens with zero attached hydrogens (tertiary/aromatic N) is 2. The molecule has 1 fully saturated rings. The third kappa shape index (κ3) is 2.16. The Balaban J connectivity index is 2.06. The Morgan fingerprint density at radius 3 is 2.95 bits per heavy atom. The van der Waals surface area contributed by atoms with Crippen molar-refractivity contribution in [3.05, 3.63) is 17.2 Å². The van der Waals surface area contributed by atoms with Gasteiger partial charge in [-0.3, -0.25) is 4.79 Å². The topological polar surface area (TPSA) is 59.0 Å². The maximum atomic E-state index is 12.2. The Bertz CT molecular complexity index is 492. The number of fused-ring (bicyclic) bond motifs is 1. The molecule has 0 radical (unpaired) electrons. The summed E-state index contributed by atoms with van der Waals surface area (Å²) in [4.78, 5) is 17.0. The molecule has 1 atom stereocenters. The second kappa shape index (κ2) is 4.96. The lowest BCUT2D eigenvalue weighted by atomic mass is 10.0. The van der Waals surface area contributed by atoms with Crippen LogP contribution in [-0.4, -0.2) is 28.5 Å². The monoisotopic (exact) mass is 262 g/mol. The molecule has 5 nitrogen and oxygen atoms in total. The molecule has 2 aliphatic rings. The fourth-order valence-corrected chi connectivity index (χ4v) is 3.11. The maximum Gasteiger partial charge on any atom is 0.243 e. The Kier molecular flexibility index (Phi) is 3.31. The quantitative estimate of drug-likeness (QED) is 0.839. The van der Waals surface area contributed by atoms with Gasteiger partial charge >= 0.3 is 0 Å². The fraction of sp³-hybridized carbons (Fsp3) is 0.714. The summed E-state index contributed by atoms with van der Waals surface area (Å²) in [5.74, 6) is 1.57. The lowest BCUT2D eigenvalue weighted by Crippen LogP contribution is -2.39. The maximum absolute atomic E-state index is 12.2. The second-order valence-corrected chi connectivity index (χ2v) is 5.76. The van der Waals surface area contributed by atoms with Crippen LogP contribution in [0.5, 0.6) is 0 Å². The van der Waals surface area contributed by atoms with Gasteiger partial charge in [-0.15, -0.1) is 0 Å². The van der Waals surface area contributed by atoms with Gasteiger partial charge in [0, 0.05) is 37.7 Å². The van der Waals surface area contributed by atoms with Gasteiger partial charge in [0.2, 0.25) is 5.91 Å². The minimum Gasteiger partial charge on any atom is -0.354 e. The smallest absolute Gasteiger partial charge is 0.243 e. The first-order chi connectivity index (χ1) is 9.18. The summed E-state index contributed by atoms with van der Waals surface area (Å²) in [5.41, 5.74) is 2.40. The van der Waals surface area contributed by atoms with E-state index in [1.165, 1.54) is 5.69 Å². The molecule has 0 aliphatic carbocycles. The molecule has 19 heavy (non-hydrogen) atoms. The normalized spacial score (nSPS) is 23.3. The molecular formula is C14H22N4O. The summed E-state index contributed by atoms with van der Waals surface area (Å²) >= 11 is 0. The van der Waals surface area contributed by atoms with Crippen LogP contribution < -0.4 is 10.6 Å². The van der Waals surface area contributed by atoms with Crippen molar-refractivity contribution in [2.75, 3.05) is 13.1 Å². The van der Waals surface area contributed by atoms with Crippen molar-refractivity contribution in [3.8, 4) is 0 Å². The van der Waals surface area contributed by atoms with Crippen LogP contribution in [0.2, 0.25) is 0 Å².